The summed E-state index contributed by atoms with van der Waals surface area (Å²) in [5.41, 5.74) is 0.968. The first-order valence-electron chi connectivity index (χ1n) is 11.6. The van der Waals surface area contributed by atoms with E-state index < -0.39 is 0 Å². The van der Waals surface area contributed by atoms with Crippen LogP contribution in [0, 0.1) is 5.92 Å². The first-order chi connectivity index (χ1) is 16.3. The Morgan fingerprint density at radius 1 is 1.18 bits per heavy atom. The number of aromatic nitrogens is 1. The number of rotatable bonds is 11. The number of anilines is 1. The number of likely N-dealkylation sites (tertiary alicyclic amines) is 1. The zero-order valence-electron chi connectivity index (χ0n) is 19.7. The second-order valence-electron chi connectivity index (χ2n) is 8.83. The number of carbonyl (C=O) groups is 3. The fourth-order valence-corrected chi connectivity index (χ4v) is 4.77. The van der Waals surface area contributed by atoms with E-state index in [4.69, 9.17) is 11.6 Å². The number of nitrogens with one attached hydrogen (secondary N) is 2. The van der Waals surface area contributed by atoms with Gasteiger partial charge in [0.1, 0.15) is 6.54 Å². The number of carbonyl (C=O) groups excluding carboxylic acids is 3. The molecule has 1 fully saturated rings. The molecule has 0 radical (unpaired) electrons. The standard InChI is InChI=1S/C24H32ClN5O3S/c1-17(2)14-30(23(33)19-7-3-4-8-20(19)25)15-22(32)28-24-27-18(16-34-24)13-21(31)26-9-12-29-10-5-6-11-29/h3-4,7-8,16-17H,5-6,9-15H2,1-2H3,(H,26,31)(H,27,28,32). The van der Waals surface area contributed by atoms with E-state index in [1.165, 1.54) is 29.1 Å². The number of halogens is 1. The lowest BCUT2D eigenvalue weighted by Crippen LogP contribution is -2.40. The molecule has 0 spiro atoms. The minimum Gasteiger partial charge on any atom is -0.354 e. The first-order valence-corrected chi connectivity index (χ1v) is 12.8. The molecule has 1 saturated heterocycles. The van der Waals surface area contributed by atoms with Gasteiger partial charge in [0.15, 0.2) is 5.13 Å². The molecule has 184 valence electrons. The topological polar surface area (TPSA) is 94.6 Å². The van der Waals surface area contributed by atoms with Gasteiger partial charge in [-0.05, 0) is 44.0 Å². The zero-order chi connectivity index (χ0) is 24.5. The van der Waals surface area contributed by atoms with Crippen molar-refractivity contribution in [1.82, 2.24) is 20.1 Å². The molecule has 34 heavy (non-hydrogen) atoms. The summed E-state index contributed by atoms with van der Waals surface area (Å²) in [6.45, 7) is 7.95. The van der Waals surface area contributed by atoms with Crippen molar-refractivity contribution in [2.45, 2.75) is 33.1 Å². The van der Waals surface area contributed by atoms with Gasteiger partial charge >= 0.3 is 0 Å². The lowest BCUT2D eigenvalue weighted by atomic mass is 10.1. The molecule has 1 aromatic carbocycles. The number of amides is 3. The molecule has 1 aromatic heterocycles. The van der Waals surface area contributed by atoms with Crippen molar-refractivity contribution in [2.24, 2.45) is 5.92 Å². The maximum absolute atomic E-state index is 13.0. The number of hydrogen-bond acceptors (Lipinski definition) is 6. The van der Waals surface area contributed by atoms with Crippen molar-refractivity contribution < 1.29 is 14.4 Å². The van der Waals surface area contributed by atoms with Gasteiger partial charge in [0.05, 0.1) is 22.7 Å². The molecule has 0 aliphatic carbocycles. The monoisotopic (exact) mass is 505 g/mol. The van der Waals surface area contributed by atoms with Crippen LogP contribution >= 0.6 is 22.9 Å². The number of thiazole rings is 1. The van der Waals surface area contributed by atoms with Crippen LogP contribution < -0.4 is 10.6 Å². The first kappa shape index (κ1) is 26.1. The molecule has 2 N–H and O–H groups in total. The van der Waals surface area contributed by atoms with Gasteiger partial charge in [-0.2, -0.15) is 0 Å². The van der Waals surface area contributed by atoms with Crippen LogP contribution in [-0.4, -0.2) is 71.8 Å². The largest absolute Gasteiger partial charge is 0.354 e. The van der Waals surface area contributed by atoms with Crippen molar-refractivity contribution in [3.05, 3.63) is 45.9 Å². The molecule has 8 nitrogen and oxygen atoms in total. The number of hydrogen-bond donors (Lipinski definition) is 2. The number of benzene rings is 1. The molecular formula is C24H32ClN5O3S. The van der Waals surface area contributed by atoms with E-state index in [0.717, 1.165) is 19.6 Å². The fraction of sp³-hybridized carbons (Fsp3) is 0.500. The van der Waals surface area contributed by atoms with E-state index in [-0.39, 0.29) is 36.6 Å². The lowest BCUT2D eigenvalue weighted by Gasteiger charge is -2.24. The third-order valence-electron chi connectivity index (χ3n) is 5.40. The summed E-state index contributed by atoms with van der Waals surface area (Å²) in [6.07, 6.45) is 2.62. The van der Waals surface area contributed by atoms with Crippen LogP contribution in [0.4, 0.5) is 5.13 Å². The van der Waals surface area contributed by atoms with Crippen molar-refractivity contribution >= 4 is 45.8 Å². The molecule has 1 aliphatic rings. The van der Waals surface area contributed by atoms with E-state index in [1.807, 2.05) is 13.8 Å². The molecule has 0 unspecified atom stereocenters. The van der Waals surface area contributed by atoms with Crippen molar-refractivity contribution in [1.29, 1.82) is 0 Å². The van der Waals surface area contributed by atoms with Crippen LogP contribution in [0.15, 0.2) is 29.6 Å². The van der Waals surface area contributed by atoms with Crippen LogP contribution in [0.25, 0.3) is 0 Å². The second-order valence-corrected chi connectivity index (χ2v) is 10.1. The van der Waals surface area contributed by atoms with Crippen LogP contribution in [0.2, 0.25) is 5.02 Å². The summed E-state index contributed by atoms with van der Waals surface area (Å²) in [5, 5.41) is 8.18. The van der Waals surface area contributed by atoms with Crippen LogP contribution in [-0.2, 0) is 16.0 Å². The Bertz CT molecular complexity index is 990. The Hall–Kier alpha value is -2.49. The third kappa shape index (κ3) is 8.07. The molecular weight excluding hydrogens is 474 g/mol. The maximum atomic E-state index is 13.0. The molecule has 0 saturated carbocycles. The zero-order valence-corrected chi connectivity index (χ0v) is 21.3. The summed E-state index contributed by atoms with van der Waals surface area (Å²) < 4.78 is 0. The summed E-state index contributed by atoms with van der Waals surface area (Å²) >= 11 is 7.44. The maximum Gasteiger partial charge on any atom is 0.255 e. The molecule has 3 rings (SSSR count). The molecule has 2 aromatic rings. The highest BCUT2D eigenvalue weighted by molar-refractivity contribution is 7.13. The molecule has 2 heterocycles. The summed E-state index contributed by atoms with van der Waals surface area (Å²) in [7, 11) is 0. The van der Waals surface area contributed by atoms with Gasteiger partial charge in [-0.25, -0.2) is 4.98 Å². The normalized spacial score (nSPS) is 13.8. The highest BCUT2D eigenvalue weighted by Crippen LogP contribution is 2.19. The van der Waals surface area contributed by atoms with Crippen LogP contribution in [0.3, 0.4) is 0 Å². The van der Waals surface area contributed by atoms with E-state index in [9.17, 15) is 14.4 Å². The smallest absolute Gasteiger partial charge is 0.255 e. The van der Waals surface area contributed by atoms with Crippen LogP contribution in [0.5, 0.6) is 0 Å². The Kier molecular flexibility index (Phi) is 9.86. The highest BCUT2D eigenvalue weighted by Gasteiger charge is 2.22. The van der Waals surface area contributed by atoms with Crippen molar-refractivity contribution in [2.75, 3.05) is 44.6 Å². The average molecular weight is 506 g/mol. The Labute approximate surface area is 209 Å². The highest BCUT2D eigenvalue weighted by atomic mass is 35.5. The van der Waals surface area contributed by atoms with Gasteiger partial charge < -0.3 is 20.4 Å². The quantitative estimate of drug-likeness (QED) is 0.488. The minimum absolute atomic E-state index is 0.0872. The van der Waals surface area contributed by atoms with E-state index in [0.29, 0.717) is 34.5 Å². The van der Waals surface area contributed by atoms with Crippen molar-refractivity contribution in [3.8, 4) is 0 Å². The van der Waals surface area contributed by atoms with Crippen molar-refractivity contribution in [3.63, 3.8) is 0 Å². The third-order valence-corrected chi connectivity index (χ3v) is 6.54. The van der Waals surface area contributed by atoms with Gasteiger partial charge in [0.25, 0.3) is 5.91 Å². The van der Waals surface area contributed by atoms with Gasteiger partial charge in [0, 0.05) is 25.0 Å². The van der Waals surface area contributed by atoms with Gasteiger partial charge in [-0.15, -0.1) is 11.3 Å². The molecule has 0 atom stereocenters. The molecule has 3 amide bonds. The van der Waals surface area contributed by atoms with Gasteiger partial charge in [0.2, 0.25) is 11.8 Å². The van der Waals surface area contributed by atoms with Crippen LogP contribution in [0.1, 0.15) is 42.7 Å². The lowest BCUT2D eigenvalue weighted by molar-refractivity contribution is -0.120. The Morgan fingerprint density at radius 2 is 1.91 bits per heavy atom. The van der Waals surface area contributed by atoms with Gasteiger partial charge in [-0.3, -0.25) is 14.4 Å². The predicted molar refractivity (Wildman–Crippen MR) is 135 cm³/mol. The van der Waals surface area contributed by atoms with E-state index >= 15 is 0 Å². The Morgan fingerprint density at radius 3 is 2.62 bits per heavy atom. The fourth-order valence-electron chi connectivity index (χ4n) is 3.83. The molecule has 0 bridgehead atoms. The predicted octanol–water partition coefficient (Wildman–Crippen LogP) is 3.29. The SMILES string of the molecule is CC(C)CN(CC(=O)Nc1nc(CC(=O)NCCN2CCCC2)cs1)C(=O)c1ccccc1Cl. The second kappa shape index (κ2) is 12.8. The summed E-state index contributed by atoms with van der Waals surface area (Å²) in [6, 6.07) is 6.81. The van der Waals surface area contributed by atoms with E-state index in [2.05, 4.69) is 20.5 Å². The summed E-state index contributed by atoms with van der Waals surface area (Å²) in [4.78, 5) is 46.0. The summed E-state index contributed by atoms with van der Waals surface area (Å²) in [5.74, 6) is -0.553. The molecule has 10 heteroatoms. The van der Waals surface area contributed by atoms with Gasteiger partial charge in [-0.1, -0.05) is 37.6 Å². The number of nitrogens with zero attached hydrogens (tertiary/aromatic N) is 3. The van der Waals surface area contributed by atoms with E-state index in [1.54, 1.807) is 29.6 Å². The molecule has 1 aliphatic heterocycles. The average Bonchev–Trinajstić information content (AvgIpc) is 3.45. The minimum atomic E-state index is -0.350. The Balaban J connectivity index is 1.50.